The fourth-order valence-electron chi connectivity index (χ4n) is 3.84. The fourth-order valence-corrected chi connectivity index (χ4v) is 3.84. The number of aliphatic hydroxyl groups is 1. The van der Waals surface area contributed by atoms with Gasteiger partial charge < -0.3 is 14.6 Å². The van der Waals surface area contributed by atoms with E-state index >= 15 is 0 Å². The van der Waals surface area contributed by atoms with Gasteiger partial charge in [-0.25, -0.2) is 0 Å². The third-order valence-electron chi connectivity index (χ3n) is 5.35. The minimum Gasteiger partial charge on any atom is -0.496 e. The van der Waals surface area contributed by atoms with Crippen molar-refractivity contribution in [2.45, 2.75) is 27.2 Å². The Hall–Kier alpha value is -2.78. The maximum absolute atomic E-state index is 9.47. The van der Waals surface area contributed by atoms with E-state index in [2.05, 4.69) is 57.2 Å². The Morgan fingerprint density at radius 2 is 1.32 bits per heavy atom. The van der Waals surface area contributed by atoms with Crippen LogP contribution in [0.2, 0.25) is 0 Å². The van der Waals surface area contributed by atoms with Gasteiger partial charge in [-0.1, -0.05) is 24.3 Å². The molecule has 0 spiro atoms. The van der Waals surface area contributed by atoms with E-state index in [0.717, 1.165) is 33.8 Å². The lowest BCUT2D eigenvalue weighted by Gasteiger charge is -2.19. The van der Waals surface area contributed by atoms with E-state index in [-0.39, 0.29) is 6.61 Å². The zero-order valence-corrected chi connectivity index (χ0v) is 17.3. The van der Waals surface area contributed by atoms with Gasteiger partial charge in [0.05, 0.1) is 14.2 Å². The van der Waals surface area contributed by atoms with Crippen LogP contribution in [0.5, 0.6) is 11.5 Å². The molecule has 0 atom stereocenters. The van der Waals surface area contributed by atoms with Gasteiger partial charge in [0, 0.05) is 6.61 Å². The molecule has 3 aromatic rings. The second-order valence-electron chi connectivity index (χ2n) is 7.11. The molecule has 0 aliphatic carbocycles. The van der Waals surface area contributed by atoms with Crippen LogP contribution in [0, 0.1) is 20.8 Å². The topological polar surface area (TPSA) is 38.7 Å². The molecule has 3 heteroatoms. The van der Waals surface area contributed by atoms with Crippen molar-refractivity contribution in [1.82, 2.24) is 0 Å². The highest BCUT2D eigenvalue weighted by atomic mass is 16.5. The number of rotatable bonds is 6. The molecule has 0 aromatic heterocycles. The first-order valence-corrected chi connectivity index (χ1v) is 9.53. The smallest absolute Gasteiger partial charge is 0.121 e. The second-order valence-corrected chi connectivity index (χ2v) is 7.11. The molecule has 0 fully saturated rings. The maximum atomic E-state index is 9.47. The summed E-state index contributed by atoms with van der Waals surface area (Å²) in [5.74, 6) is 1.77. The molecular weight excluding hydrogens is 348 g/mol. The van der Waals surface area contributed by atoms with E-state index < -0.39 is 0 Å². The van der Waals surface area contributed by atoms with Gasteiger partial charge in [-0.3, -0.25) is 0 Å². The van der Waals surface area contributed by atoms with E-state index in [9.17, 15) is 5.11 Å². The molecule has 146 valence electrons. The van der Waals surface area contributed by atoms with Crippen LogP contribution in [0.25, 0.3) is 22.3 Å². The molecule has 3 rings (SSSR count). The van der Waals surface area contributed by atoms with E-state index in [1.165, 1.54) is 22.3 Å². The first kappa shape index (κ1) is 20.0. The molecule has 0 aliphatic heterocycles. The summed E-state index contributed by atoms with van der Waals surface area (Å²) in [7, 11) is 3.39. The number of ether oxygens (including phenoxy) is 2. The lowest BCUT2D eigenvalue weighted by atomic mass is 9.86. The van der Waals surface area contributed by atoms with Crippen LogP contribution in [-0.4, -0.2) is 25.9 Å². The van der Waals surface area contributed by atoms with E-state index in [1.807, 2.05) is 12.1 Å². The lowest BCUT2D eigenvalue weighted by molar-refractivity contribution is 0.299. The highest BCUT2D eigenvalue weighted by molar-refractivity contribution is 5.87. The Kier molecular flexibility index (Phi) is 6.05. The average Bonchev–Trinajstić information content (AvgIpc) is 2.69. The van der Waals surface area contributed by atoms with Crippen LogP contribution >= 0.6 is 0 Å². The summed E-state index contributed by atoms with van der Waals surface area (Å²) in [6.07, 6.45) is 0.649. The first-order valence-electron chi connectivity index (χ1n) is 9.53. The molecular formula is C25H28O3. The summed E-state index contributed by atoms with van der Waals surface area (Å²) >= 11 is 0. The summed E-state index contributed by atoms with van der Waals surface area (Å²) in [6.45, 7) is 6.40. The Morgan fingerprint density at radius 3 is 1.86 bits per heavy atom. The molecule has 3 aromatic carbocycles. The lowest BCUT2D eigenvalue weighted by Crippen LogP contribution is -1.99. The molecule has 3 nitrogen and oxygen atoms in total. The molecule has 0 amide bonds. The predicted molar refractivity (Wildman–Crippen MR) is 115 cm³/mol. The number of methoxy groups -OCH3 is 2. The third kappa shape index (κ3) is 3.76. The molecule has 0 aliphatic rings. The minimum atomic E-state index is 0.142. The number of hydrogen-bond acceptors (Lipinski definition) is 3. The van der Waals surface area contributed by atoms with E-state index in [1.54, 1.807) is 14.2 Å². The standard InChI is InChI=1S/C25H28O3/c1-16-14-20(7-10-23(16)27-4)22-9-6-19(12-13-26)18(3)25(22)21-8-11-24(28-5)17(2)15-21/h6-11,14-15,26H,12-13H2,1-5H3. The van der Waals surface area contributed by atoms with E-state index in [0.29, 0.717) is 6.42 Å². The van der Waals surface area contributed by atoms with Crippen molar-refractivity contribution in [2.24, 2.45) is 0 Å². The molecule has 0 radical (unpaired) electrons. The van der Waals surface area contributed by atoms with Crippen molar-refractivity contribution in [1.29, 1.82) is 0 Å². The zero-order valence-electron chi connectivity index (χ0n) is 17.3. The van der Waals surface area contributed by atoms with Crippen molar-refractivity contribution in [3.05, 3.63) is 70.8 Å². The van der Waals surface area contributed by atoms with Gasteiger partial charge in [-0.15, -0.1) is 0 Å². The van der Waals surface area contributed by atoms with Crippen LogP contribution in [0.4, 0.5) is 0 Å². The maximum Gasteiger partial charge on any atom is 0.121 e. The normalized spacial score (nSPS) is 10.8. The first-order chi connectivity index (χ1) is 13.5. The highest BCUT2D eigenvalue weighted by Gasteiger charge is 2.15. The molecule has 1 N–H and O–H groups in total. The zero-order chi connectivity index (χ0) is 20.3. The summed E-state index contributed by atoms with van der Waals surface area (Å²) < 4.78 is 10.9. The Bertz CT molecular complexity index is 989. The summed E-state index contributed by atoms with van der Waals surface area (Å²) in [6, 6.07) is 16.9. The Morgan fingerprint density at radius 1 is 0.750 bits per heavy atom. The van der Waals surface area contributed by atoms with Gasteiger partial charge in [0.1, 0.15) is 11.5 Å². The predicted octanol–water partition coefficient (Wildman–Crippen LogP) is 5.50. The largest absolute Gasteiger partial charge is 0.496 e. The number of aryl methyl sites for hydroxylation is 2. The molecule has 0 saturated carbocycles. The van der Waals surface area contributed by atoms with E-state index in [4.69, 9.17) is 9.47 Å². The summed E-state index contributed by atoms with van der Waals surface area (Å²) in [5.41, 5.74) is 9.25. The van der Waals surface area contributed by atoms with Crippen molar-refractivity contribution < 1.29 is 14.6 Å². The monoisotopic (exact) mass is 376 g/mol. The van der Waals surface area contributed by atoms with Gasteiger partial charge in [-0.05, 0) is 96.0 Å². The minimum absolute atomic E-state index is 0.142. The Labute approximate surface area is 167 Å². The van der Waals surface area contributed by atoms with Crippen LogP contribution in [0.15, 0.2) is 48.5 Å². The number of benzene rings is 3. The third-order valence-corrected chi connectivity index (χ3v) is 5.35. The summed E-state index contributed by atoms with van der Waals surface area (Å²) in [4.78, 5) is 0. The molecule has 0 heterocycles. The van der Waals surface area contributed by atoms with Crippen LogP contribution in [0.3, 0.4) is 0 Å². The number of hydrogen-bond donors (Lipinski definition) is 1. The average molecular weight is 376 g/mol. The van der Waals surface area contributed by atoms with Crippen molar-refractivity contribution in [2.75, 3.05) is 20.8 Å². The molecule has 28 heavy (non-hydrogen) atoms. The molecule has 0 saturated heterocycles. The van der Waals surface area contributed by atoms with Crippen LogP contribution < -0.4 is 9.47 Å². The summed E-state index contributed by atoms with van der Waals surface area (Å²) in [5, 5.41) is 9.47. The highest BCUT2D eigenvalue weighted by Crippen LogP contribution is 2.39. The molecule has 0 unspecified atom stereocenters. The molecule has 0 bridgehead atoms. The quantitative estimate of drug-likeness (QED) is 0.617. The van der Waals surface area contributed by atoms with Gasteiger partial charge in [0.15, 0.2) is 0 Å². The van der Waals surface area contributed by atoms with Gasteiger partial charge in [0.2, 0.25) is 0 Å². The SMILES string of the molecule is COc1ccc(-c2ccc(CCO)c(C)c2-c2ccc(OC)c(C)c2)cc1C. The van der Waals surface area contributed by atoms with Crippen molar-refractivity contribution in [3.8, 4) is 33.8 Å². The van der Waals surface area contributed by atoms with Crippen molar-refractivity contribution in [3.63, 3.8) is 0 Å². The number of aliphatic hydroxyl groups excluding tert-OH is 1. The fraction of sp³-hybridized carbons (Fsp3) is 0.280. The van der Waals surface area contributed by atoms with Crippen LogP contribution in [-0.2, 0) is 6.42 Å². The van der Waals surface area contributed by atoms with Gasteiger partial charge >= 0.3 is 0 Å². The van der Waals surface area contributed by atoms with Gasteiger partial charge in [0.25, 0.3) is 0 Å². The second kappa shape index (κ2) is 8.49. The Balaban J connectivity index is 2.24. The van der Waals surface area contributed by atoms with Crippen LogP contribution in [0.1, 0.15) is 22.3 Å². The van der Waals surface area contributed by atoms with Crippen molar-refractivity contribution >= 4 is 0 Å². The van der Waals surface area contributed by atoms with Gasteiger partial charge in [-0.2, -0.15) is 0 Å².